The van der Waals surface area contributed by atoms with Gasteiger partial charge < -0.3 is 38.7 Å². The highest BCUT2D eigenvalue weighted by atomic mass is 16.5. The first-order chi connectivity index (χ1) is 19.5. The minimum absolute atomic E-state index is 0.0487. The molecule has 2 aromatic carbocycles. The van der Waals surface area contributed by atoms with Gasteiger partial charge in [-0.15, -0.1) is 0 Å². The molecule has 0 spiro atoms. The summed E-state index contributed by atoms with van der Waals surface area (Å²) in [6.07, 6.45) is 2.63. The number of furan rings is 2. The monoisotopic (exact) mass is 544 g/mol. The molecule has 0 saturated heterocycles. The van der Waals surface area contributed by atoms with Gasteiger partial charge in [0, 0.05) is 35.2 Å². The second kappa shape index (κ2) is 10.6. The van der Waals surface area contributed by atoms with Crippen LogP contribution in [-0.2, 0) is 11.3 Å². The summed E-state index contributed by atoms with van der Waals surface area (Å²) in [6, 6.07) is 15.1. The van der Waals surface area contributed by atoms with Crippen molar-refractivity contribution in [1.82, 2.24) is 10.2 Å². The number of ether oxygens (including phenoxy) is 2. The normalized spacial score (nSPS) is 21.2. The van der Waals surface area contributed by atoms with E-state index in [0.29, 0.717) is 33.6 Å². The molecule has 0 fully saturated rings. The van der Waals surface area contributed by atoms with Gasteiger partial charge in [0.1, 0.15) is 18.0 Å². The third-order valence-electron chi connectivity index (χ3n) is 7.37. The molecule has 0 saturated carbocycles. The third-order valence-corrected chi connectivity index (χ3v) is 7.37. The van der Waals surface area contributed by atoms with Crippen molar-refractivity contribution >= 4 is 22.8 Å². The number of hydrogen-bond donors (Lipinski definition) is 3. The van der Waals surface area contributed by atoms with Crippen LogP contribution in [0.2, 0.25) is 0 Å². The quantitative estimate of drug-likeness (QED) is 0.308. The molecular weight excluding hydrogens is 516 g/mol. The van der Waals surface area contributed by atoms with Crippen LogP contribution in [0.5, 0.6) is 11.5 Å². The first kappa shape index (κ1) is 25.7. The van der Waals surface area contributed by atoms with E-state index >= 15 is 0 Å². The van der Waals surface area contributed by atoms with Crippen molar-refractivity contribution in [2.24, 2.45) is 0 Å². The fourth-order valence-electron chi connectivity index (χ4n) is 5.53. The van der Waals surface area contributed by atoms with Crippen molar-refractivity contribution in [1.29, 1.82) is 0 Å². The number of carbonyl (C=O) groups excluding carboxylic acids is 2. The minimum Gasteiger partial charge on any atom is -0.493 e. The molecule has 2 aromatic heterocycles. The van der Waals surface area contributed by atoms with E-state index in [1.807, 2.05) is 24.3 Å². The summed E-state index contributed by atoms with van der Waals surface area (Å²) in [6.45, 7) is -0.105. The molecule has 0 bridgehead atoms. The van der Waals surface area contributed by atoms with E-state index in [1.165, 1.54) is 24.5 Å². The number of nitrogens with zero attached hydrogens (tertiary/aromatic N) is 1. The van der Waals surface area contributed by atoms with Crippen LogP contribution in [0.15, 0.2) is 87.6 Å². The van der Waals surface area contributed by atoms with Crippen LogP contribution in [0.1, 0.15) is 27.6 Å². The second-order valence-corrected chi connectivity index (χ2v) is 9.73. The van der Waals surface area contributed by atoms with Gasteiger partial charge in [-0.3, -0.25) is 9.59 Å². The highest BCUT2D eigenvalue weighted by Crippen LogP contribution is 2.47. The van der Waals surface area contributed by atoms with Gasteiger partial charge in [0.15, 0.2) is 17.1 Å². The van der Waals surface area contributed by atoms with Crippen LogP contribution in [0.4, 0.5) is 0 Å². The fraction of sp³-hybridized carbons (Fsp3) is 0.267. The van der Waals surface area contributed by atoms with Gasteiger partial charge in [-0.2, -0.15) is 0 Å². The number of aliphatic hydroxyl groups is 2. The molecular formula is C30H28N2O8. The van der Waals surface area contributed by atoms with Gasteiger partial charge in [0.05, 0.1) is 38.2 Å². The van der Waals surface area contributed by atoms with Crippen molar-refractivity contribution in [2.75, 3.05) is 20.3 Å². The predicted octanol–water partition coefficient (Wildman–Crippen LogP) is 3.00. The number of hydrogen-bond acceptors (Lipinski definition) is 8. The molecule has 206 valence electrons. The number of nitrogens with one attached hydrogen (secondary N) is 1. The lowest BCUT2D eigenvalue weighted by molar-refractivity contribution is -0.118. The van der Waals surface area contributed by atoms with E-state index in [0.717, 1.165) is 5.56 Å². The van der Waals surface area contributed by atoms with Crippen molar-refractivity contribution in [3.8, 4) is 11.5 Å². The van der Waals surface area contributed by atoms with Gasteiger partial charge in [0.25, 0.3) is 5.91 Å². The molecule has 0 radical (unpaired) electrons. The molecule has 1 aliphatic carbocycles. The second-order valence-electron chi connectivity index (χ2n) is 9.73. The molecule has 4 aromatic rings. The maximum atomic E-state index is 14.1. The highest BCUT2D eigenvalue weighted by Gasteiger charge is 2.50. The smallest absolute Gasteiger partial charge is 0.290 e. The average molecular weight is 545 g/mol. The standard InChI is InChI=1S/C30H28N2O8/c1-37-23-8-4-5-18-13-24(40-27(18)23)30(36)32(15-17-9-12-38-16-17)21-14-20(29(35)31-10-11-33)25-19-6-2-3-7-22(19)39-28(25)26(21)34/h2-9,12-14,16,21,25-26,28,33-34H,10-11,15H2,1H3,(H,31,35). The Morgan fingerprint density at radius 2 is 1.98 bits per heavy atom. The van der Waals surface area contributed by atoms with E-state index < -0.39 is 36.0 Å². The van der Waals surface area contributed by atoms with Gasteiger partial charge in [-0.25, -0.2) is 0 Å². The Morgan fingerprint density at radius 1 is 1.12 bits per heavy atom. The zero-order valence-electron chi connectivity index (χ0n) is 21.7. The van der Waals surface area contributed by atoms with E-state index in [9.17, 15) is 19.8 Å². The highest BCUT2D eigenvalue weighted by molar-refractivity contribution is 5.99. The largest absolute Gasteiger partial charge is 0.493 e. The number of benzene rings is 2. The summed E-state index contributed by atoms with van der Waals surface area (Å²) in [5.41, 5.74) is 2.23. The first-order valence-corrected chi connectivity index (χ1v) is 12.9. The van der Waals surface area contributed by atoms with Crippen LogP contribution < -0.4 is 14.8 Å². The van der Waals surface area contributed by atoms with E-state index in [2.05, 4.69) is 5.32 Å². The summed E-state index contributed by atoms with van der Waals surface area (Å²) in [4.78, 5) is 28.9. The predicted molar refractivity (Wildman–Crippen MR) is 143 cm³/mol. The fourth-order valence-corrected chi connectivity index (χ4v) is 5.53. The lowest BCUT2D eigenvalue weighted by atomic mass is 9.77. The lowest BCUT2D eigenvalue weighted by Gasteiger charge is -2.40. The summed E-state index contributed by atoms with van der Waals surface area (Å²) in [5.74, 6) is -0.363. The summed E-state index contributed by atoms with van der Waals surface area (Å²) in [7, 11) is 1.52. The zero-order valence-corrected chi connectivity index (χ0v) is 21.7. The number of methoxy groups -OCH3 is 1. The Bertz CT molecular complexity index is 1570. The summed E-state index contributed by atoms with van der Waals surface area (Å²) < 4.78 is 22.8. The minimum atomic E-state index is -1.18. The van der Waals surface area contributed by atoms with E-state index in [4.69, 9.17) is 18.3 Å². The van der Waals surface area contributed by atoms with Crippen LogP contribution in [0.3, 0.4) is 0 Å². The number of para-hydroxylation sites is 2. The topological polar surface area (TPSA) is 135 Å². The maximum Gasteiger partial charge on any atom is 0.290 e. The molecule has 4 unspecified atom stereocenters. The third kappa shape index (κ3) is 4.41. The van der Waals surface area contributed by atoms with Crippen LogP contribution >= 0.6 is 0 Å². The molecule has 3 N–H and O–H groups in total. The zero-order chi connectivity index (χ0) is 27.8. The Kier molecular flexibility index (Phi) is 6.79. The van der Waals surface area contributed by atoms with Crippen molar-refractivity contribution in [3.05, 3.63) is 95.7 Å². The van der Waals surface area contributed by atoms with Gasteiger partial charge >= 0.3 is 0 Å². The molecule has 2 aliphatic rings. The Hall–Kier alpha value is -4.54. The SMILES string of the molecule is COc1cccc2cc(C(=O)N(Cc3ccoc3)C3C=C(C(=O)NCCO)C4c5ccccc5OC4C3O)oc12. The molecule has 4 atom stereocenters. The van der Waals surface area contributed by atoms with Gasteiger partial charge in [0.2, 0.25) is 5.91 Å². The number of aliphatic hydroxyl groups excluding tert-OH is 2. The first-order valence-electron chi connectivity index (χ1n) is 12.9. The number of carbonyl (C=O) groups is 2. The molecule has 40 heavy (non-hydrogen) atoms. The lowest BCUT2D eigenvalue weighted by Crippen LogP contribution is -2.55. The maximum absolute atomic E-state index is 14.1. The van der Waals surface area contributed by atoms with Crippen LogP contribution in [-0.4, -0.2) is 65.4 Å². The Labute approximate surface area is 229 Å². The molecule has 6 rings (SSSR count). The van der Waals surface area contributed by atoms with Crippen LogP contribution in [0.25, 0.3) is 11.0 Å². The molecule has 10 nitrogen and oxygen atoms in total. The summed E-state index contributed by atoms with van der Waals surface area (Å²) in [5, 5.41) is 24.4. The number of rotatable bonds is 8. The van der Waals surface area contributed by atoms with Gasteiger partial charge in [-0.05, 0) is 30.3 Å². The van der Waals surface area contributed by atoms with Gasteiger partial charge in [-0.1, -0.05) is 30.3 Å². The number of fused-ring (bicyclic) bond motifs is 4. The average Bonchev–Trinajstić information content (AvgIpc) is 3.73. The number of amides is 2. The van der Waals surface area contributed by atoms with Crippen molar-refractivity contribution in [3.63, 3.8) is 0 Å². The van der Waals surface area contributed by atoms with E-state index in [1.54, 1.807) is 36.4 Å². The molecule has 3 heterocycles. The van der Waals surface area contributed by atoms with Crippen molar-refractivity contribution < 1.29 is 38.1 Å². The molecule has 2 amide bonds. The summed E-state index contributed by atoms with van der Waals surface area (Å²) >= 11 is 0. The Morgan fingerprint density at radius 3 is 2.75 bits per heavy atom. The van der Waals surface area contributed by atoms with Crippen LogP contribution in [0, 0.1) is 0 Å². The van der Waals surface area contributed by atoms with Crippen molar-refractivity contribution in [2.45, 2.75) is 30.7 Å². The molecule has 1 aliphatic heterocycles. The molecule has 10 heteroatoms. The Balaban J connectivity index is 1.44. The van der Waals surface area contributed by atoms with E-state index in [-0.39, 0.29) is 25.5 Å².